The minimum absolute atomic E-state index is 0.115. The van der Waals surface area contributed by atoms with Crippen LogP contribution in [0.1, 0.15) is 37.0 Å². The van der Waals surface area contributed by atoms with E-state index in [0.29, 0.717) is 42.2 Å². The highest BCUT2D eigenvalue weighted by Crippen LogP contribution is 2.40. The number of hydrogen-bond acceptors (Lipinski definition) is 7. The van der Waals surface area contributed by atoms with Crippen molar-refractivity contribution in [2.75, 3.05) is 24.7 Å². The molecule has 1 fully saturated rings. The van der Waals surface area contributed by atoms with Crippen molar-refractivity contribution in [1.29, 1.82) is 0 Å². The van der Waals surface area contributed by atoms with Gasteiger partial charge in [0.2, 0.25) is 5.84 Å². The van der Waals surface area contributed by atoms with E-state index in [-0.39, 0.29) is 30.2 Å². The molecule has 34 heavy (non-hydrogen) atoms. The third kappa shape index (κ3) is 4.43. The number of ketones is 1. The molecule has 1 spiro atoms. The van der Waals surface area contributed by atoms with Crippen LogP contribution in [-0.2, 0) is 9.53 Å². The van der Waals surface area contributed by atoms with Crippen molar-refractivity contribution in [3.63, 3.8) is 0 Å². The maximum atomic E-state index is 13.1. The molecule has 1 saturated heterocycles. The van der Waals surface area contributed by atoms with Gasteiger partial charge in [0.15, 0.2) is 11.4 Å². The van der Waals surface area contributed by atoms with Crippen molar-refractivity contribution in [2.24, 2.45) is 5.10 Å². The first-order valence-corrected chi connectivity index (χ1v) is 11.5. The lowest BCUT2D eigenvalue weighted by Gasteiger charge is -2.48. The molecule has 0 aliphatic carbocycles. The Morgan fingerprint density at radius 1 is 1.06 bits per heavy atom. The van der Waals surface area contributed by atoms with Gasteiger partial charge >= 0.3 is 6.09 Å². The number of Topliss-reactive ketones (excluding diaryl/α,β-unsaturated/α-hetero) is 1. The van der Waals surface area contributed by atoms with Gasteiger partial charge in [0.25, 0.3) is 5.91 Å². The van der Waals surface area contributed by atoms with Gasteiger partial charge in [-0.15, -0.1) is 5.10 Å². The molecule has 0 bridgehead atoms. The van der Waals surface area contributed by atoms with Gasteiger partial charge in [-0.05, 0) is 43.3 Å². The Balaban J connectivity index is 1.71. The van der Waals surface area contributed by atoms with Crippen molar-refractivity contribution in [2.45, 2.75) is 32.4 Å². The van der Waals surface area contributed by atoms with Crippen LogP contribution in [0.5, 0.6) is 0 Å². The first-order chi connectivity index (χ1) is 16.4. The summed E-state index contributed by atoms with van der Waals surface area (Å²) >= 11 is 6.09. The van der Waals surface area contributed by atoms with E-state index in [2.05, 4.69) is 10.5 Å². The number of rotatable bonds is 5. The molecular weight excluding hydrogens is 458 g/mol. The SMILES string of the molecule is CCOC(=O)N1CCC2(CC1)N(NC(=O)c1ccccc1)C(C(C)=O)=NN2c1ccc(Cl)cc1. The number of halogens is 1. The number of piperidine rings is 1. The predicted molar refractivity (Wildman–Crippen MR) is 128 cm³/mol. The van der Waals surface area contributed by atoms with Gasteiger partial charge in [0, 0.05) is 43.4 Å². The highest BCUT2D eigenvalue weighted by Gasteiger charge is 2.53. The monoisotopic (exact) mass is 483 g/mol. The number of carbonyl (C=O) groups is 3. The summed E-state index contributed by atoms with van der Waals surface area (Å²) in [5.41, 5.74) is 3.17. The molecular formula is C24H26ClN5O4. The maximum absolute atomic E-state index is 13.1. The first kappa shape index (κ1) is 23.6. The Bertz CT molecular complexity index is 1100. The molecule has 1 N–H and O–H groups in total. The quantitative estimate of drug-likeness (QED) is 0.697. The van der Waals surface area contributed by atoms with Crippen LogP contribution in [0.15, 0.2) is 59.7 Å². The second kappa shape index (κ2) is 9.72. The fourth-order valence-electron chi connectivity index (χ4n) is 4.24. The highest BCUT2D eigenvalue weighted by atomic mass is 35.5. The minimum Gasteiger partial charge on any atom is -0.450 e. The fourth-order valence-corrected chi connectivity index (χ4v) is 4.37. The molecule has 2 amide bonds. The van der Waals surface area contributed by atoms with Crippen LogP contribution in [0.25, 0.3) is 0 Å². The van der Waals surface area contributed by atoms with E-state index in [9.17, 15) is 14.4 Å². The van der Waals surface area contributed by atoms with Gasteiger partial charge in [-0.2, -0.15) is 0 Å². The van der Waals surface area contributed by atoms with Crippen molar-refractivity contribution in [3.05, 3.63) is 65.2 Å². The molecule has 0 saturated carbocycles. The summed E-state index contributed by atoms with van der Waals surface area (Å²) in [6.07, 6.45) is 0.425. The second-order valence-corrected chi connectivity index (χ2v) is 8.52. The van der Waals surface area contributed by atoms with Gasteiger partial charge in [-0.25, -0.2) is 14.8 Å². The number of likely N-dealkylation sites (tertiary alicyclic amines) is 1. The second-order valence-electron chi connectivity index (χ2n) is 8.08. The number of carbonyl (C=O) groups excluding carboxylic acids is 3. The number of hydrazine groups is 1. The van der Waals surface area contributed by atoms with Crippen molar-refractivity contribution >= 4 is 40.9 Å². The standard InChI is InChI=1S/C24H26ClN5O4/c1-3-34-23(33)28-15-13-24(14-16-28)29(20-11-9-19(25)10-12-20)26-21(17(2)31)30(24)27-22(32)18-7-5-4-6-8-18/h4-12H,3,13-16H2,1-2H3,(H,27,32). The number of anilines is 1. The molecule has 9 nitrogen and oxygen atoms in total. The van der Waals surface area contributed by atoms with Gasteiger partial charge in [-0.1, -0.05) is 29.8 Å². The molecule has 0 aromatic heterocycles. The lowest BCUT2D eigenvalue weighted by molar-refractivity contribution is -0.112. The van der Waals surface area contributed by atoms with Crippen LogP contribution in [0.2, 0.25) is 5.02 Å². The number of amides is 2. The van der Waals surface area contributed by atoms with Gasteiger partial charge in [-0.3, -0.25) is 15.0 Å². The van der Waals surface area contributed by atoms with Crippen molar-refractivity contribution < 1.29 is 19.1 Å². The fraction of sp³-hybridized carbons (Fsp3) is 0.333. The minimum atomic E-state index is -0.901. The average molecular weight is 484 g/mol. The molecule has 2 aromatic rings. The highest BCUT2D eigenvalue weighted by molar-refractivity contribution is 6.39. The Morgan fingerprint density at radius 2 is 1.71 bits per heavy atom. The number of hydrogen-bond donors (Lipinski definition) is 1. The molecule has 2 aliphatic rings. The van der Waals surface area contributed by atoms with E-state index in [4.69, 9.17) is 16.3 Å². The number of hydrazone groups is 1. The van der Waals surface area contributed by atoms with E-state index in [1.165, 1.54) is 6.92 Å². The summed E-state index contributed by atoms with van der Waals surface area (Å²) in [6, 6.07) is 15.9. The maximum Gasteiger partial charge on any atom is 0.409 e. The summed E-state index contributed by atoms with van der Waals surface area (Å²) < 4.78 is 5.16. The smallest absolute Gasteiger partial charge is 0.409 e. The lowest BCUT2D eigenvalue weighted by atomic mass is 9.94. The third-order valence-corrected chi connectivity index (χ3v) is 6.19. The zero-order valence-electron chi connectivity index (χ0n) is 19.0. The molecule has 0 atom stereocenters. The number of nitrogens with one attached hydrogen (secondary N) is 1. The van der Waals surface area contributed by atoms with E-state index in [0.717, 1.165) is 0 Å². The van der Waals surface area contributed by atoms with Gasteiger partial charge < -0.3 is 9.64 Å². The van der Waals surface area contributed by atoms with Crippen molar-refractivity contribution in [1.82, 2.24) is 15.3 Å². The zero-order chi connectivity index (χ0) is 24.3. The average Bonchev–Trinajstić information content (AvgIpc) is 3.14. The first-order valence-electron chi connectivity index (χ1n) is 11.1. The molecule has 0 unspecified atom stereocenters. The van der Waals surface area contributed by atoms with E-state index >= 15 is 0 Å². The summed E-state index contributed by atoms with van der Waals surface area (Å²) in [5, 5.41) is 8.50. The molecule has 2 aliphatic heterocycles. The Hall–Kier alpha value is -3.59. The molecule has 2 heterocycles. The predicted octanol–water partition coefficient (Wildman–Crippen LogP) is 3.66. The van der Waals surface area contributed by atoms with Gasteiger partial charge in [0.05, 0.1) is 12.3 Å². The zero-order valence-corrected chi connectivity index (χ0v) is 19.8. The largest absolute Gasteiger partial charge is 0.450 e. The number of nitrogens with zero attached hydrogens (tertiary/aromatic N) is 4. The molecule has 178 valence electrons. The van der Waals surface area contributed by atoms with Crippen LogP contribution in [-0.4, -0.2) is 58.9 Å². The molecule has 10 heteroatoms. The lowest BCUT2D eigenvalue weighted by Crippen LogP contribution is -2.66. The van der Waals surface area contributed by atoms with Gasteiger partial charge in [0.1, 0.15) is 0 Å². The van der Waals surface area contributed by atoms with Crippen LogP contribution in [0.3, 0.4) is 0 Å². The van der Waals surface area contributed by atoms with E-state index in [1.807, 2.05) is 18.2 Å². The number of benzene rings is 2. The normalized spacial score (nSPS) is 16.9. The van der Waals surface area contributed by atoms with Crippen molar-refractivity contribution in [3.8, 4) is 0 Å². The van der Waals surface area contributed by atoms with Crippen LogP contribution < -0.4 is 10.4 Å². The number of ether oxygens (including phenoxy) is 1. The summed E-state index contributed by atoms with van der Waals surface area (Å²) in [7, 11) is 0. The summed E-state index contributed by atoms with van der Waals surface area (Å²) in [4.78, 5) is 39.7. The Kier molecular flexibility index (Phi) is 6.74. The summed E-state index contributed by atoms with van der Waals surface area (Å²) in [5.74, 6) is -0.541. The Labute approximate surface area is 202 Å². The van der Waals surface area contributed by atoms with Crippen LogP contribution in [0.4, 0.5) is 10.5 Å². The van der Waals surface area contributed by atoms with E-state index < -0.39 is 5.66 Å². The number of amidine groups is 1. The summed E-state index contributed by atoms with van der Waals surface area (Å²) in [6.45, 7) is 4.18. The topological polar surface area (TPSA) is 94.5 Å². The van der Waals surface area contributed by atoms with Crippen LogP contribution >= 0.6 is 11.6 Å². The molecule has 0 radical (unpaired) electrons. The van der Waals surface area contributed by atoms with Crippen LogP contribution in [0, 0.1) is 0 Å². The molecule has 2 aromatic carbocycles. The third-order valence-electron chi connectivity index (χ3n) is 5.94. The Morgan fingerprint density at radius 3 is 2.29 bits per heavy atom. The van der Waals surface area contributed by atoms with E-state index in [1.54, 1.807) is 58.2 Å². The molecule has 4 rings (SSSR count).